The highest BCUT2D eigenvalue weighted by Crippen LogP contribution is 2.19. The maximum absolute atomic E-state index is 13.6. The summed E-state index contributed by atoms with van der Waals surface area (Å²) < 4.78 is 32.5. The quantitative estimate of drug-likeness (QED) is 0.911. The van der Waals surface area contributed by atoms with Crippen LogP contribution in [-0.2, 0) is 0 Å². The fraction of sp³-hybridized carbons (Fsp3) is 0.235. The van der Waals surface area contributed by atoms with E-state index in [9.17, 15) is 13.6 Å². The largest absolute Gasteiger partial charge is 0.494 e. The molecule has 1 atom stereocenters. The molecule has 1 amide bonds. The van der Waals surface area contributed by atoms with Crippen molar-refractivity contribution >= 4 is 5.91 Å². The van der Waals surface area contributed by atoms with Crippen LogP contribution in [0.1, 0.15) is 35.8 Å². The third kappa shape index (κ3) is 3.61. The minimum absolute atomic E-state index is 0.387. The van der Waals surface area contributed by atoms with Gasteiger partial charge in [0.05, 0.1) is 12.6 Å². The highest BCUT2D eigenvalue weighted by Gasteiger charge is 2.19. The lowest BCUT2D eigenvalue weighted by atomic mass is 10.1. The molecule has 0 saturated carbocycles. The molecule has 0 aliphatic carbocycles. The first-order valence-electron chi connectivity index (χ1n) is 7.00. The molecule has 0 bridgehead atoms. The van der Waals surface area contributed by atoms with Crippen LogP contribution in [0.15, 0.2) is 42.5 Å². The highest BCUT2D eigenvalue weighted by molar-refractivity contribution is 5.95. The van der Waals surface area contributed by atoms with Crippen LogP contribution in [0.3, 0.4) is 0 Å². The molecule has 3 nitrogen and oxygen atoms in total. The van der Waals surface area contributed by atoms with Crippen LogP contribution in [0, 0.1) is 11.6 Å². The Bertz CT molecular complexity index is 636. The SMILES string of the molecule is CCOc1ccc([C@H](C)NC(=O)c2c(F)cccc2F)cc1. The average Bonchev–Trinajstić information content (AvgIpc) is 2.48. The molecule has 0 aliphatic rings. The number of ether oxygens (including phenoxy) is 1. The van der Waals surface area contributed by atoms with E-state index < -0.39 is 23.1 Å². The predicted octanol–water partition coefficient (Wildman–Crippen LogP) is 3.85. The number of halogens is 2. The lowest BCUT2D eigenvalue weighted by molar-refractivity contribution is 0.0931. The second kappa shape index (κ2) is 7.02. The summed E-state index contributed by atoms with van der Waals surface area (Å²) in [6.45, 7) is 4.20. The molecule has 0 saturated heterocycles. The van der Waals surface area contributed by atoms with Crippen molar-refractivity contribution < 1.29 is 18.3 Å². The number of carbonyl (C=O) groups is 1. The fourth-order valence-electron chi connectivity index (χ4n) is 2.09. The summed E-state index contributed by atoms with van der Waals surface area (Å²) in [7, 11) is 0. The van der Waals surface area contributed by atoms with Crippen molar-refractivity contribution in [2.24, 2.45) is 0 Å². The zero-order chi connectivity index (χ0) is 16.1. The molecule has 116 valence electrons. The molecule has 2 aromatic rings. The van der Waals surface area contributed by atoms with Crippen molar-refractivity contribution in [3.8, 4) is 5.75 Å². The number of amides is 1. The van der Waals surface area contributed by atoms with E-state index in [1.54, 1.807) is 31.2 Å². The summed E-state index contributed by atoms with van der Waals surface area (Å²) in [5.74, 6) is -1.81. The van der Waals surface area contributed by atoms with Crippen LogP contribution in [0.2, 0.25) is 0 Å². The third-order valence-electron chi connectivity index (χ3n) is 3.23. The van der Waals surface area contributed by atoms with E-state index in [1.165, 1.54) is 6.07 Å². The van der Waals surface area contributed by atoms with Gasteiger partial charge in [0.2, 0.25) is 0 Å². The number of hydrogen-bond donors (Lipinski definition) is 1. The van der Waals surface area contributed by atoms with E-state index in [4.69, 9.17) is 4.74 Å². The van der Waals surface area contributed by atoms with Crippen molar-refractivity contribution in [1.29, 1.82) is 0 Å². The molecule has 0 unspecified atom stereocenters. The van der Waals surface area contributed by atoms with Gasteiger partial charge >= 0.3 is 0 Å². The van der Waals surface area contributed by atoms with Gasteiger partial charge in [-0.15, -0.1) is 0 Å². The third-order valence-corrected chi connectivity index (χ3v) is 3.23. The van der Waals surface area contributed by atoms with E-state index in [2.05, 4.69) is 5.32 Å². The zero-order valence-corrected chi connectivity index (χ0v) is 12.4. The Labute approximate surface area is 127 Å². The molecule has 0 heterocycles. The summed E-state index contributed by atoms with van der Waals surface area (Å²) >= 11 is 0. The predicted molar refractivity (Wildman–Crippen MR) is 79.9 cm³/mol. The maximum atomic E-state index is 13.6. The van der Waals surface area contributed by atoms with Gasteiger partial charge in [-0.1, -0.05) is 18.2 Å². The van der Waals surface area contributed by atoms with Gasteiger partial charge < -0.3 is 10.1 Å². The van der Waals surface area contributed by atoms with Crippen molar-refractivity contribution in [2.45, 2.75) is 19.9 Å². The number of benzene rings is 2. The molecule has 0 fully saturated rings. The van der Waals surface area contributed by atoms with Gasteiger partial charge in [0.15, 0.2) is 0 Å². The molecule has 0 radical (unpaired) electrons. The standard InChI is InChI=1S/C17H17F2NO2/c1-3-22-13-9-7-12(8-10-13)11(2)20-17(21)16-14(18)5-4-6-15(16)19/h4-11H,3H2,1-2H3,(H,20,21)/t11-/m0/s1. The molecule has 1 N–H and O–H groups in total. The first kappa shape index (κ1) is 15.9. The van der Waals surface area contributed by atoms with Crippen molar-refractivity contribution in [2.75, 3.05) is 6.61 Å². The van der Waals surface area contributed by atoms with Crippen LogP contribution >= 0.6 is 0 Å². The van der Waals surface area contributed by atoms with E-state index in [0.29, 0.717) is 6.61 Å². The highest BCUT2D eigenvalue weighted by atomic mass is 19.1. The van der Waals surface area contributed by atoms with E-state index >= 15 is 0 Å². The normalized spacial score (nSPS) is 11.8. The van der Waals surface area contributed by atoms with E-state index in [-0.39, 0.29) is 6.04 Å². The van der Waals surface area contributed by atoms with E-state index in [1.807, 2.05) is 6.92 Å². The molecule has 5 heteroatoms. The first-order chi connectivity index (χ1) is 10.5. The number of carbonyl (C=O) groups excluding carboxylic acids is 1. The summed E-state index contributed by atoms with van der Waals surface area (Å²) in [6, 6.07) is 10.1. The smallest absolute Gasteiger partial charge is 0.257 e. The Morgan fingerprint density at radius 2 is 1.73 bits per heavy atom. The van der Waals surface area contributed by atoms with Crippen LogP contribution < -0.4 is 10.1 Å². The van der Waals surface area contributed by atoms with Gasteiger partial charge in [0.25, 0.3) is 5.91 Å². The molecule has 2 aromatic carbocycles. The van der Waals surface area contributed by atoms with E-state index in [0.717, 1.165) is 23.4 Å². The molecule has 0 aromatic heterocycles. The van der Waals surface area contributed by atoms with Crippen LogP contribution in [0.25, 0.3) is 0 Å². The molecule has 0 spiro atoms. The number of rotatable bonds is 5. The molecular weight excluding hydrogens is 288 g/mol. The monoisotopic (exact) mass is 305 g/mol. The number of hydrogen-bond acceptors (Lipinski definition) is 2. The Kier molecular flexibility index (Phi) is 5.09. The Morgan fingerprint density at radius 1 is 1.14 bits per heavy atom. The summed E-state index contributed by atoms with van der Waals surface area (Å²) in [6.07, 6.45) is 0. The zero-order valence-electron chi connectivity index (χ0n) is 12.4. The summed E-state index contributed by atoms with van der Waals surface area (Å²) in [5, 5.41) is 2.59. The minimum atomic E-state index is -0.878. The van der Waals surface area contributed by atoms with Gasteiger partial charge in [-0.3, -0.25) is 4.79 Å². The Morgan fingerprint density at radius 3 is 2.27 bits per heavy atom. The molecule has 2 rings (SSSR count). The lowest BCUT2D eigenvalue weighted by Gasteiger charge is -2.15. The van der Waals surface area contributed by atoms with Crippen molar-refractivity contribution in [3.63, 3.8) is 0 Å². The second-order valence-electron chi connectivity index (χ2n) is 4.79. The van der Waals surface area contributed by atoms with Crippen LogP contribution in [0.5, 0.6) is 5.75 Å². The lowest BCUT2D eigenvalue weighted by Crippen LogP contribution is -2.28. The van der Waals surface area contributed by atoms with Gasteiger partial charge in [-0.2, -0.15) is 0 Å². The summed E-state index contributed by atoms with van der Waals surface area (Å²) in [4.78, 5) is 12.0. The van der Waals surface area contributed by atoms with Crippen LogP contribution in [-0.4, -0.2) is 12.5 Å². The second-order valence-corrected chi connectivity index (χ2v) is 4.79. The molecule has 22 heavy (non-hydrogen) atoms. The maximum Gasteiger partial charge on any atom is 0.257 e. The minimum Gasteiger partial charge on any atom is -0.494 e. The van der Waals surface area contributed by atoms with Gasteiger partial charge in [0.1, 0.15) is 22.9 Å². The Balaban J connectivity index is 2.11. The Hall–Kier alpha value is -2.43. The fourth-order valence-corrected chi connectivity index (χ4v) is 2.09. The average molecular weight is 305 g/mol. The van der Waals surface area contributed by atoms with Gasteiger partial charge in [-0.25, -0.2) is 8.78 Å². The van der Waals surface area contributed by atoms with Crippen molar-refractivity contribution in [3.05, 3.63) is 65.2 Å². The molecule has 0 aliphatic heterocycles. The van der Waals surface area contributed by atoms with Gasteiger partial charge in [0, 0.05) is 0 Å². The molecular formula is C17H17F2NO2. The first-order valence-corrected chi connectivity index (χ1v) is 7.00. The summed E-state index contributed by atoms with van der Waals surface area (Å²) in [5.41, 5.74) is 0.244. The van der Waals surface area contributed by atoms with Crippen LogP contribution in [0.4, 0.5) is 8.78 Å². The number of nitrogens with one attached hydrogen (secondary N) is 1. The van der Waals surface area contributed by atoms with Gasteiger partial charge in [-0.05, 0) is 43.7 Å². The topological polar surface area (TPSA) is 38.3 Å². The van der Waals surface area contributed by atoms with Crippen molar-refractivity contribution in [1.82, 2.24) is 5.32 Å².